The fraction of sp³-hybridized carbons (Fsp3) is 0.417. The summed E-state index contributed by atoms with van der Waals surface area (Å²) >= 11 is 6.19. The van der Waals surface area contributed by atoms with Crippen molar-refractivity contribution in [2.24, 2.45) is 0 Å². The third kappa shape index (κ3) is 1.97. The number of halogens is 1. The van der Waals surface area contributed by atoms with E-state index in [1.54, 1.807) is 10.7 Å². The van der Waals surface area contributed by atoms with Crippen LogP contribution in [0.25, 0.3) is 5.65 Å². The highest BCUT2D eigenvalue weighted by molar-refractivity contribution is 6.67. The molecule has 1 saturated heterocycles. The lowest BCUT2D eigenvalue weighted by Crippen LogP contribution is -2.21. The van der Waals surface area contributed by atoms with E-state index in [9.17, 15) is 0 Å². The lowest BCUT2D eigenvalue weighted by molar-refractivity contribution is 0.614. The lowest BCUT2D eigenvalue weighted by atomic mass is 9.41. The van der Waals surface area contributed by atoms with E-state index >= 15 is 0 Å². The maximum absolute atomic E-state index is 9.04. The van der Waals surface area contributed by atoms with E-state index in [2.05, 4.69) is 16.1 Å². The molecule has 6 heteroatoms. The van der Waals surface area contributed by atoms with Gasteiger partial charge < -0.3 is 0 Å². The minimum absolute atomic E-state index is 0.158. The zero-order valence-corrected chi connectivity index (χ0v) is 10.6. The average molecular weight is 259 g/mol. The van der Waals surface area contributed by atoms with Crippen LogP contribution < -0.4 is 0 Å². The van der Waals surface area contributed by atoms with Gasteiger partial charge in [0, 0.05) is 17.7 Å². The number of rotatable bonds is 1. The first kappa shape index (κ1) is 11.5. The summed E-state index contributed by atoms with van der Waals surface area (Å²) in [6.07, 6.45) is 5.77. The van der Waals surface area contributed by atoms with Gasteiger partial charge in [0.25, 0.3) is 6.71 Å². The van der Waals surface area contributed by atoms with Crippen LogP contribution in [0.2, 0.25) is 17.8 Å². The van der Waals surface area contributed by atoms with Gasteiger partial charge >= 0.3 is 0 Å². The highest BCUT2D eigenvalue weighted by atomic mass is 35.5. The fourth-order valence-corrected chi connectivity index (χ4v) is 2.92. The van der Waals surface area contributed by atoms with Gasteiger partial charge in [0.2, 0.25) is 0 Å². The van der Waals surface area contributed by atoms with Gasteiger partial charge in [-0.1, -0.05) is 30.7 Å². The summed E-state index contributed by atoms with van der Waals surface area (Å²) in [6, 6.07) is 3.73. The van der Waals surface area contributed by atoms with Crippen LogP contribution in [-0.4, -0.2) is 21.3 Å². The maximum atomic E-state index is 9.04. The standard InChI is InChI=1S/C12H12BClN4/c14-11-6-10(17-12-3-5-16-18(11)12)9-2-1-4-13(7-9)8-15/h3,5-6,9H,1-2,4,7H2. The number of fused-ring (bicyclic) bond motifs is 1. The molecule has 0 radical (unpaired) electrons. The van der Waals surface area contributed by atoms with Crippen LogP contribution in [0.1, 0.15) is 24.5 Å². The lowest BCUT2D eigenvalue weighted by Gasteiger charge is -2.23. The van der Waals surface area contributed by atoms with Gasteiger partial charge in [-0.2, -0.15) is 5.10 Å². The number of hydrogen-bond donors (Lipinski definition) is 0. The van der Waals surface area contributed by atoms with Crippen molar-refractivity contribution in [2.45, 2.75) is 31.4 Å². The molecule has 1 aliphatic rings. The van der Waals surface area contributed by atoms with E-state index in [1.165, 1.54) is 0 Å². The predicted octanol–water partition coefficient (Wildman–Crippen LogP) is 2.82. The zero-order valence-electron chi connectivity index (χ0n) is 9.88. The molecule has 0 amide bonds. The molecule has 3 rings (SSSR count). The Kier molecular flexibility index (Phi) is 2.96. The molecule has 1 atom stereocenters. The number of hydrogen-bond acceptors (Lipinski definition) is 3. The van der Waals surface area contributed by atoms with Crippen molar-refractivity contribution in [1.29, 1.82) is 5.26 Å². The normalized spacial score (nSPS) is 20.0. The molecule has 3 heterocycles. The van der Waals surface area contributed by atoms with Crippen molar-refractivity contribution in [2.75, 3.05) is 0 Å². The van der Waals surface area contributed by atoms with Crippen LogP contribution in [0.3, 0.4) is 0 Å². The second kappa shape index (κ2) is 4.62. The molecule has 1 unspecified atom stereocenters. The zero-order chi connectivity index (χ0) is 12.5. The van der Waals surface area contributed by atoms with E-state index in [0.717, 1.165) is 36.8 Å². The molecule has 90 valence electrons. The van der Waals surface area contributed by atoms with E-state index < -0.39 is 0 Å². The van der Waals surface area contributed by atoms with E-state index in [0.29, 0.717) is 11.1 Å². The highest BCUT2D eigenvalue weighted by Gasteiger charge is 2.27. The quantitative estimate of drug-likeness (QED) is 0.584. The second-order valence-corrected chi connectivity index (χ2v) is 5.18. The first-order valence-corrected chi connectivity index (χ1v) is 6.55. The van der Waals surface area contributed by atoms with Crippen LogP contribution in [0, 0.1) is 11.2 Å². The minimum atomic E-state index is 0.158. The van der Waals surface area contributed by atoms with E-state index in [-0.39, 0.29) is 6.71 Å². The SMILES string of the molecule is N#CB1CCCC(c2cc(Cl)n3nccc3n2)C1. The Morgan fingerprint density at radius 1 is 1.56 bits per heavy atom. The Balaban J connectivity index is 1.96. The second-order valence-electron chi connectivity index (χ2n) is 4.79. The molecule has 1 aliphatic heterocycles. The van der Waals surface area contributed by atoms with Gasteiger partial charge in [0.15, 0.2) is 5.65 Å². The molecule has 1 fully saturated rings. The van der Waals surface area contributed by atoms with E-state index in [4.69, 9.17) is 16.9 Å². The predicted molar refractivity (Wildman–Crippen MR) is 71.0 cm³/mol. The minimum Gasteiger partial charge on any atom is -0.233 e. The van der Waals surface area contributed by atoms with E-state index in [1.807, 2.05) is 12.1 Å². The average Bonchev–Trinajstić information content (AvgIpc) is 2.87. The van der Waals surface area contributed by atoms with Gasteiger partial charge in [-0.15, -0.1) is 0 Å². The van der Waals surface area contributed by atoms with Gasteiger partial charge in [-0.3, -0.25) is 0 Å². The summed E-state index contributed by atoms with van der Waals surface area (Å²) in [6.45, 7) is 0.158. The molecule has 0 aliphatic carbocycles. The fourth-order valence-electron chi connectivity index (χ4n) is 2.68. The Hall–Kier alpha value is -1.54. The molecule has 2 aromatic rings. The van der Waals surface area contributed by atoms with Crippen LogP contribution in [0.4, 0.5) is 0 Å². The Morgan fingerprint density at radius 2 is 2.44 bits per heavy atom. The summed E-state index contributed by atoms with van der Waals surface area (Å²) in [5.41, 5.74) is 1.77. The highest BCUT2D eigenvalue weighted by Crippen LogP contribution is 2.33. The van der Waals surface area contributed by atoms with Crippen molar-refractivity contribution in [3.8, 4) is 5.97 Å². The van der Waals surface area contributed by atoms with Crippen molar-refractivity contribution >= 4 is 24.0 Å². The monoisotopic (exact) mass is 258 g/mol. The topological polar surface area (TPSA) is 54.0 Å². The molecule has 0 N–H and O–H groups in total. The van der Waals surface area contributed by atoms with Crippen molar-refractivity contribution in [1.82, 2.24) is 14.6 Å². The third-order valence-corrected chi connectivity index (χ3v) is 3.88. The van der Waals surface area contributed by atoms with Gasteiger partial charge in [0.05, 0.1) is 6.20 Å². The van der Waals surface area contributed by atoms with Gasteiger partial charge in [-0.25, -0.2) is 14.8 Å². The molecule has 0 aromatic carbocycles. The van der Waals surface area contributed by atoms with Gasteiger partial charge in [-0.05, 0) is 18.4 Å². The van der Waals surface area contributed by atoms with Crippen molar-refractivity contribution in [3.63, 3.8) is 0 Å². The first-order chi connectivity index (χ1) is 8.78. The van der Waals surface area contributed by atoms with Crippen LogP contribution >= 0.6 is 11.6 Å². The number of nitrogens with zero attached hydrogens (tertiary/aromatic N) is 4. The molecular formula is C12H12BClN4. The Bertz CT molecular complexity index is 618. The summed E-state index contributed by atoms with van der Waals surface area (Å²) in [5, 5.41) is 13.7. The summed E-state index contributed by atoms with van der Waals surface area (Å²) < 4.78 is 1.62. The smallest absolute Gasteiger partial charge is 0.233 e. The summed E-state index contributed by atoms with van der Waals surface area (Å²) in [5.74, 6) is 2.72. The third-order valence-electron chi connectivity index (χ3n) is 3.61. The molecule has 4 nitrogen and oxygen atoms in total. The molecule has 0 saturated carbocycles. The van der Waals surface area contributed by atoms with Crippen molar-refractivity contribution < 1.29 is 0 Å². The molecule has 2 aromatic heterocycles. The van der Waals surface area contributed by atoms with Crippen LogP contribution in [0.15, 0.2) is 18.3 Å². The molecule has 0 spiro atoms. The molecule has 18 heavy (non-hydrogen) atoms. The largest absolute Gasteiger partial charge is 0.268 e. The number of aromatic nitrogens is 3. The maximum Gasteiger partial charge on any atom is 0.268 e. The first-order valence-electron chi connectivity index (χ1n) is 6.17. The summed E-state index contributed by atoms with van der Waals surface area (Å²) in [7, 11) is 0. The number of nitriles is 1. The van der Waals surface area contributed by atoms with Crippen molar-refractivity contribution in [3.05, 3.63) is 29.2 Å². The van der Waals surface area contributed by atoms with Crippen LogP contribution in [0.5, 0.6) is 0 Å². The van der Waals surface area contributed by atoms with Gasteiger partial charge in [0.1, 0.15) is 5.15 Å². The Morgan fingerprint density at radius 3 is 3.28 bits per heavy atom. The summed E-state index contributed by atoms with van der Waals surface area (Å²) in [4.78, 5) is 4.60. The van der Waals surface area contributed by atoms with Crippen LogP contribution in [-0.2, 0) is 0 Å². The molecule has 0 bridgehead atoms. The Labute approximate surface area is 111 Å². The molecular weight excluding hydrogens is 246 g/mol.